The maximum atomic E-state index is 5.81. The SMILES string of the molecule is CCCn1cncc1COc1ccc(N)cc1C. The molecule has 4 nitrogen and oxygen atoms in total. The van der Waals surface area contributed by atoms with Crippen LogP contribution < -0.4 is 10.5 Å². The molecule has 0 aliphatic carbocycles. The molecule has 2 N–H and O–H groups in total. The fraction of sp³-hybridized carbons (Fsp3) is 0.357. The number of nitrogens with zero attached hydrogens (tertiary/aromatic N) is 2. The van der Waals surface area contributed by atoms with Crippen LogP contribution in [-0.4, -0.2) is 9.55 Å². The third-order valence-corrected chi connectivity index (χ3v) is 2.84. The van der Waals surface area contributed by atoms with Gasteiger partial charge in [0.25, 0.3) is 0 Å². The van der Waals surface area contributed by atoms with Crippen molar-refractivity contribution in [1.29, 1.82) is 0 Å². The summed E-state index contributed by atoms with van der Waals surface area (Å²) in [7, 11) is 0. The predicted molar refractivity (Wildman–Crippen MR) is 72.4 cm³/mol. The van der Waals surface area contributed by atoms with Gasteiger partial charge < -0.3 is 15.0 Å². The van der Waals surface area contributed by atoms with Crippen LogP contribution >= 0.6 is 0 Å². The van der Waals surface area contributed by atoms with Crippen LogP contribution in [0.3, 0.4) is 0 Å². The zero-order valence-electron chi connectivity index (χ0n) is 10.9. The van der Waals surface area contributed by atoms with E-state index in [1.165, 1.54) is 0 Å². The lowest BCUT2D eigenvalue weighted by atomic mass is 10.2. The van der Waals surface area contributed by atoms with Gasteiger partial charge in [-0.3, -0.25) is 0 Å². The highest BCUT2D eigenvalue weighted by Crippen LogP contribution is 2.21. The lowest BCUT2D eigenvalue weighted by molar-refractivity contribution is 0.292. The van der Waals surface area contributed by atoms with E-state index in [4.69, 9.17) is 10.5 Å². The van der Waals surface area contributed by atoms with Crippen molar-refractivity contribution in [3.8, 4) is 5.75 Å². The van der Waals surface area contributed by atoms with Crippen LogP contribution in [0.15, 0.2) is 30.7 Å². The first-order valence-electron chi connectivity index (χ1n) is 6.18. The average molecular weight is 245 g/mol. The molecule has 1 heterocycles. The Kier molecular flexibility index (Phi) is 3.87. The number of anilines is 1. The molecule has 0 fully saturated rings. The van der Waals surface area contributed by atoms with Crippen molar-refractivity contribution >= 4 is 5.69 Å². The zero-order valence-corrected chi connectivity index (χ0v) is 10.9. The Balaban J connectivity index is 2.04. The summed E-state index contributed by atoms with van der Waals surface area (Å²) in [5, 5.41) is 0. The van der Waals surface area contributed by atoms with E-state index in [0.29, 0.717) is 6.61 Å². The van der Waals surface area contributed by atoms with Gasteiger partial charge in [-0.2, -0.15) is 0 Å². The van der Waals surface area contributed by atoms with E-state index in [0.717, 1.165) is 35.7 Å². The molecule has 0 spiro atoms. The van der Waals surface area contributed by atoms with E-state index in [2.05, 4.69) is 16.5 Å². The van der Waals surface area contributed by atoms with Crippen molar-refractivity contribution in [2.24, 2.45) is 0 Å². The maximum Gasteiger partial charge on any atom is 0.130 e. The van der Waals surface area contributed by atoms with Crippen molar-refractivity contribution < 1.29 is 4.74 Å². The summed E-state index contributed by atoms with van der Waals surface area (Å²) in [6.07, 6.45) is 4.78. The summed E-state index contributed by atoms with van der Waals surface area (Å²) >= 11 is 0. The molecular weight excluding hydrogens is 226 g/mol. The number of imidazole rings is 1. The van der Waals surface area contributed by atoms with E-state index >= 15 is 0 Å². The summed E-state index contributed by atoms with van der Waals surface area (Å²) in [5.41, 5.74) is 8.62. The number of nitrogen functional groups attached to an aromatic ring is 1. The van der Waals surface area contributed by atoms with Crippen LogP contribution in [0, 0.1) is 6.92 Å². The molecule has 2 rings (SSSR count). The molecule has 96 valence electrons. The van der Waals surface area contributed by atoms with E-state index in [9.17, 15) is 0 Å². The Morgan fingerprint density at radius 3 is 2.94 bits per heavy atom. The van der Waals surface area contributed by atoms with E-state index in [-0.39, 0.29) is 0 Å². The highest BCUT2D eigenvalue weighted by molar-refractivity contribution is 5.47. The summed E-state index contributed by atoms with van der Waals surface area (Å²) in [4.78, 5) is 4.15. The third kappa shape index (κ3) is 2.83. The number of rotatable bonds is 5. The summed E-state index contributed by atoms with van der Waals surface area (Å²) in [5.74, 6) is 0.869. The maximum absolute atomic E-state index is 5.81. The predicted octanol–water partition coefficient (Wildman–Crippen LogP) is 2.76. The number of hydrogen-bond acceptors (Lipinski definition) is 3. The number of hydrogen-bond donors (Lipinski definition) is 1. The number of nitrogens with two attached hydrogens (primary N) is 1. The van der Waals surface area contributed by atoms with Crippen molar-refractivity contribution in [2.45, 2.75) is 33.4 Å². The fourth-order valence-electron chi connectivity index (χ4n) is 1.90. The first-order chi connectivity index (χ1) is 8.70. The smallest absolute Gasteiger partial charge is 0.130 e. The quantitative estimate of drug-likeness (QED) is 0.824. The molecule has 2 aromatic rings. The Labute approximate surface area is 107 Å². The lowest BCUT2D eigenvalue weighted by Crippen LogP contribution is -2.05. The first kappa shape index (κ1) is 12.5. The van der Waals surface area contributed by atoms with Gasteiger partial charge >= 0.3 is 0 Å². The van der Waals surface area contributed by atoms with E-state index in [1.54, 1.807) is 0 Å². The minimum atomic E-state index is 0.532. The topological polar surface area (TPSA) is 53.1 Å². The molecule has 0 unspecified atom stereocenters. The standard InChI is InChI=1S/C14H19N3O/c1-3-6-17-10-16-8-13(17)9-18-14-5-4-12(15)7-11(14)2/h4-5,7-8,10H,3,6,9,15H2,1-2H3. The highest BCUT2D eigenvalue weighted by atomic mass is 16.5. The lowest BCUT2D eigenvalue weighted by Gasteiger charge is -2.11. The van der Waals surface area contributed by atoms with Crippen molar-refractivity contribution in [1.82, 2.24) is 9.55 Å². The molecule has 0 bridgehead atoms. The monoisotopic (exact) mass is 245 g/mol. The van der Waals surface area contributed by atoms with Gasteiger partial charge in [-0.15, -0.1) is 0 Å². The molecular formula is C14H19N3O. The summed E-state index contributed by atoms with van der Waals surface area (Å²) in [6.45, 7) is 5.65. The highest BCUT2D eigenvalue weighted by Gasteiger charge is 2.04. The van der Waals surface area contributed by atoms with E-state index in [1.807, 2.05) is 37.6 Å². The molecule has 4 heteroatoms. The van der Waals surface area contributed by atoms with Gasteiger partial charge in [-0.25, -0.2) is 4.98 Å². The van der Waals surface area contributed by atoms with Gasteiger partial charge in [0.05, 0.1) is 18.2 Å². The van der Waals surface area contributed by atoms with Crippen LogP contribution in [0.5, 0.6) is 5.75 Å². The second-order valence-electron chi connectivity index (χ2n) is 4.39. The number of aromatic nitrogens is 2. The Bertz CT molecular complexity index is 520. The molecule has 0 saturated carbocycles. The van der Waals surface area contributed by atoms with Crippen LogP contribution in [0.1, 0.15) is 24.6 Å². The van der Waals surface area contributed by atoms with Crippen LogP contribution in [0.2, 0.25) is 0 Å². The third-order valence-electron chi connectivity index (χ3n) is 2.84. The minimum Gasteiger partial charge on any atom is -0.487 e. The van der Waals surface area contributed by atoms with E-state index < -0.39 is 0 Å². The molecule has 1 aromatic heterocycles. The van der Waals surface area contributed by atoms with Gasteiger partial charge in [-0.1, -0.05) is 6.92 Å². The molecule has 0 saturated heterocycles. The largest absolute Gasteiger partial charge is 0.487 e. The molecule has 0 radical (unpaired) electrons. The van der Waals surface area contributed by atoms with Crippen LogP contribution in [0.4, 0.5) is 5.69 Å². The van der Waals surface area contributed by atoms with Crippen molar-refractivity contribution in [3.63, 3.8) is 0 Å². The Hall–Kier alpha value is -1.97. The van der Waals surface area contributed by atoms with Gasteiger partial charge in [0, 0.05) is 12.2 Å². The minimum absolute atomic E-state index is 0.532. The zero-order chi connectivity index (χ0) is 13.0. The number of ether oxygens (including phenoxy) is 1. The van der Waals surface area contributed by atoms with Gasteiger partial charge in [0.15, 0.2) is 0 Å². The normalized spacial score (nSPS) is 10.6. The van der Waals surface area contributed by atoms with Gasteiger partial charge in [-0.05, 0) is 37.1 Å². The fourth-order valence-corrected chi connectivity index (χ4v) is 1.90. The molecule has 0 aliphatic rings. The molecule has 18 heavy (non-hydrogen) atoms. The van der Waals surface area contributed by atoms with Crippen LogP contribution in [0.25, 0.3) is 0 Å². The summed E-state index contributed by atoms with van der Waals surface area (Å²) < 4.78 is 7.92. The van der Waals surface area contributed by atoms with Crippen molar-refractivity contribution in [2.75, 3.05) is 5.73 Å². The number of aryl methyl sites for hydroxylation is 2. The second-order valence-corrected chi connectivity index (χ2v) is 4.39. The van der Waals surface area contributed by atoms with Gasteiger partial charge in [0.1, 0.15) is 12.4 Å². The molecule has 0 amide bonds. The molecule has 1 aromatic carbocycles. The first-order valence-corrected chi connectivity index (χ1v) is 6.18. The van der Waals surface area contributed by atoms with Crippen molar-refractivity contribution in [3.05, 3.63) is 42.0 Å². The van der Waals surface area contributed by atoms with Gasteiger partial charge in [0.2, 0.25) is 0 Å². The molecule has 0 atom stereocenters. The molecule has 0 aliphatic heterocycles. The second kappa shape index (κ2) is 5.58. The Morgan fingerprint density at radius 2 is 2.22 bits per heavy atom. The average Bonchev–Trinajstić information content (AvgIpc) is 2.76. The summed E-state index contributed by atoms with van der Waals surface area (Å²) in [6, 6.07) is 5.68. The van der Waals surface area contributed by atoms with Crippen LogP contribution in [-0.2, 0) is 13.2 Å². The number of benzene rings is 1. The Morgan fingerprint density at radius 1 is 1.39 bits per heavy atom.